The van der Waals surface area contributed by atoms with Gasteiger partial charge < -0.3 is 20.9 Å². The molecule has 1 heterocycles. The van der Waals surface area contributed by atoms with Gasteiger partial charge in [0.2, 0.25) is 5.91 Å². The highest BCUT2D eigenvalue weighted by atomic mass is 32.1. The fourth-order valence-electron chi connectivity index (χ4n) is 2.86. The van der Waals surface area contributed by atoms with E-state index in [0.29, 0.717) is 41.0 Å². The van der Waals surface area contributed by atoms with Gasteiger partial charge >= 0.3 is 0 Å². The molecule has 0 atom stereocenters. The fraction of sp³-hybridized carbons (Fsp3) is 0.318. The summed E-state index contributed by atoms with van der Waals surface area (Å²) in [5.74, 6) is -0.0392. The zero-order chi connectivity index (χ0) is 24.2. The van der Waals surface area contributed by atoms with Crippen molar-refractivity contribution in [2.45, 2.75) is 19.8 Å². The molecular formula is C22H30N8OS2. The van der Waals surface area contributed by atoms with Crippen LogP contribution in [0.1, 0.15) is 24.5 Å². The molecule has 0 saturated heterocycles. The van der Waals surface area contributed by atoms with Gasteiger partial charge in [-0.1, -0.05) is 30.3 Å². The Morgan fingerprint density at radius 2 is 1.70 bits per heavy atom. The van der Waals surface area contributed by atoms with Gasteiger partial charge in [0.1, 0.15) is 5.71 Å². The lowest BCUT2D eigenvalue weighted by Crippen LogP contribution is -2.32. The third kappa shape index (κ3) is 8.62. The number of benzene rings is 1. The van der Waals surface area contributed by atoms with Crippen LogP contribution in [0, 0.1) is 0 Å². The monoisotopic (exact) mass is 486 g/mol. The van der Waals surface area contributed by atoms with Crippen molar-refractivity contribution in [3.05, 3.63) is 59.4 Å². The summed E-state index contributed by atoms with van der Waals surface area (Å²) in [6.45, 7) is 2.37. The first kappa shape index (κ1) is 25.9. The summed E-state index contributed by atoms with van der Waals surface area (Å²) in [4.78, 5) is 14.2. The van der Waals surface area contributed by atoms with E-state index >= 15 is 0 Å². The number of nitrogens with one attached hydrogen (secondary N) is 5. The minimum atomic E-state index is -0.0392. The zero-order valence-electron chi connectivity index (χ0n) is 19.2. The number of thiocarbonyl (C=S) groups is 2. The van der Waals surface area contributed by atoms with E-state index in [1.165, 1.54) is 0 Å². The van der Waals surface area contributed by atoms with Crippen molar-refractivity contribution in [2.24, 2.45) is 10.2 Å². The van der Waals surface area contributed by atoms with Gasteiger partial charge in [0.15, 0.2) is 10.2 Å². The van der Waals surface area contributed by atoms with Gasteiger partial charge in [0.05, 0.1) is 5.71 Å². The summed E-state index contributed by atoms with van der Waals surface area (Å²) in [6, 6.07) is 7.92. The van der Waals surface area contributed by atoms with Crippen LogP contribution in [0.15, 0.2) is 58.5 Å². The molecule has 2 rings (SSSR count). The average Bonchev–Trinajstić information content (AvgIpc) is 2.83. The van der Waals surface area contributed by atoms with Crippen LogP contribution in [0.5, 0.6) is 0 Å². The van der Waals surface area contributed by atoms with E-state index in [4.69, 9.17) is 24.4 Å². The maximum absolute atomic E-state index is 12.3. The number of hydrazone groups is 2. The molecule has 1 aromatic carbocycles. The third-order valence-electron chi connectivity index (χ3n) is 4.65. The molecule has 1 amide bonds. The van der Waals surface area contributed by atoms with Crippen LogP contribution in [0.25, 0.3) is 0 Å². The first-order chi connectivity index (χ1) is 15.8. The molecule has 33 heavy (non-hydrogen) atoms. The molecule has 11 heteroatoms. The molecule has 0 aliphatic carbocycles. The van der Waals surface area contributed by atoms with Crippen LogP contribution >= 0.6 is 24.4 Å². The third-order valence-corrected chi connectivity index (χ3v) is 5.24. The Kier molecular flexibility index (Phi) is 10.4. The maximum atomic E-state index is 12.3. The molecule has 5 N–H and O–H groups in total. The first-order valence-electron chi connectivity index (χ1n) is 10.4. The molecule has 0 aromatic heterocycles. The summed E-state index contributed by atoms with van der Waals surface area (Å²) in [7, 11) is 5.33. The summed E-state index contributed by atoms with van der Waals surface area (Å²) in [6.07, 6.45) is 7.12. The molecular weight excluding hydrogens is 456 g/mol. The molecule has 0 spiro atoms. The highest BCUT2D eigenvalue weighted by Gasteiger charge is 2.12. The van der Waals surface area contributed by atoms with E-state index in [-0.39, 0.29) is 5.91 Å². The van der Waals surface area contributed by atoms with Crippen molar-refractivity contribution < 1.29 is 4.79 Å². The summed E-state index contributed by atoms with van der Waals surface area (Å²) in [5, 5.41) is 18.1. The van der Waals surface area contributed by atoms with E-state index in [9.17, 15) is 4.79 Å². The van der Waals surface area contributed by atoms with Crippen molar-refractivity contribution in [3.63, 3.8) is 0 Å². The van der Waals surface area contributed by atoms with Crippen LogP contribution in [0.2, 0.25) is 0 Å². The largest absolute Gasteiger partial charge is 0.364 e. The van der Waals surface area contributed by atoms with Crippen molar-refractivity contribution in [3.8, 4) is 0 Å². The number of carbonyl (C=O) groups is 1. The highest BCUT2D eigenvalue weighted by molar-refractivity contribution is 7.80. The smallest absolute Gasteiger partial charge is 0.249 e. The Balaban J connectivity index is 2.04. The predicted octanol–water partition coefficient (Wildman–Crippen LogP) is 1.35. The topological polar surface area (TPSA) is 105 Å². The second-order valence-electron chi connectivity index (χ2n) is 7.15. The van der Waals surface area contributed by atoms with Gasteiger partial charge in [-0.2, -0.15) is 10.2 Å². The molecule has 9 nitrogen and oxygen atoms in total. The van der Waals surface area contributed by atoms with Crippen LogP contribution in [0.3, 0.4) is 0 Å². The number of hydrogen-bond donors (Lipinski definition) is 5. The van der Waals surface area contributed by atoms with Crippen molar-refractivity contribution in [2.75, 3.05) is 27.7 Å². The van der Waals surface area contributed by atoms with Gasteiger partial charge in [-0.05, 0) is 56.0 Å². The molecule has 0 saturated carbocycles. The second-order valence-corrected chi connectivity index (χ2v) is 7.97. The summed E-state index contributed by atoms with van der Waals surface area (Å²) in [5.41, 5.74) is 9.50. The Labute approximate surface area is 205 Å². The number of allylic oxidation sites excluding steroid dienone is 1. The Morgan fingerprint density at radius 3 is 2.30 bits per heavy atom. The Hall–Kier alpha value is -3.31. The zero-order valence-corrected chi connectivity index (χ0v) is 20.9. The van der Waals surface area contributed by atoms with E-state index in [0.717, 1.165) is 16.7 Å². The standard InChI is InChI=1S/C22H30N8OS2/c1-15(26-28-21(32)23-2)19(27-29-22(33)24-3)17-9-7-16(8-10-17)11-12-25-20(31)18-6-5-13-30(4)14-18/h5,7-10,13-14H,6,11-12H2,1-4H3,(H,25,31)(H2,23,28,32)(H2,24,29,33)/b26-15-,27-19+. The minimum Gasteiger partial charge on any atom is -0.364 e. The maximum Gasteiger partial charge on any atom is 0.249 e. The van der Waals surface area contributed by atoms with E-state index in [2.05, 4.69) is 37.0 Å². The summed E-state index contributed by atoms with van der Waals surface area (Å²) >= 11 is 10.2. The lowest BCUT2D eigenvalue weighted by atomic mass is 10.0. The second kappa shape index (κ2) is 13.3. The predicted molar refractivity (Wildman–Crippen MR) is 142 cm³/mol. The molecule has 0 bridgehead atoms. The molecule has 1 aliphatic heterocycles. The number of carbonyl (C=O) groups excluding carboxylic acids is 1. The highest BCUT2D eigenvalue weighted by Crippen LogP contribution is 2.11. The number of rotatable bonds is 8. The number of hydrogen-bond acceptors (Lipinski definition) is 6. The van der Waals surface area contributed by atoms with Crippen molar-refractivity contribution in [1.82, 2.24) is 31.7 Å². The summed E-state index contributed by atoms with van der Waals surface area (Å²) < 4.78 is 0. The van der Waals surface area contributed by atoms with Gasteiger partial charge in [-0.15, -0.1) is 0 Å². The molecule has 1 aromatic rings. The van der Waals surface area contributed by atoms with Crippen molar-refractivity contribution in [1.29, 1.82) is 0 Å². The average molecular weight is 487 g/mol. The Bertz CT molecular complexity index is 983. The minimum absolute atomic E-state index is 0.0392. The normalized spacial score (nSPS) is 13.7. The van der Waals surface area contributed by atoms with Gasteiger partial charge in [0, 0.05) is 45.0 Å². The number of amides is 1. The lowest BCUT2D eigenvalue weighted by molar-refractivity contribution is -0.117. The van der Waals surface area contributed by atoms with E-state index in [1.807, 2.05) is 61.6 Å². The lowest BCUT2D eigenvalue weighted by Gasteiger charge is -2.16. The molecule has 0 radical (unpaired) electrons. The van der Waals surface area contributed by atoms with Crippen LogP contribution in [-0.2, 0) is 11.2 Å². The molecule has 0 unspecified atom stereocenters. The SMILES string of the molecule is CNC(=S)N/N=C(C)\C(=N/NC(=S)NC)c1ccc(CCNC(=O)C2=CN(C)C=CC2)cc1. The van der Waals surface area contributed by atoms with Gasteiger partial charge in [-0.25, -0.2) is 0 Å². The quantitative estimate of drug-likeness (QED) is 0.213. The van der Waals surface area contributed by atoms with Gasteiger partial charge in [0.25, 0.3) is 0 Å². The van der Waals surface area contributed by atoms with Crippen LogP contribution in [-0.4, -0.2) is 60.1 Å². The van der Waals surface area contributed by atoms with Crippen molar-refractivity contribution >= 4 is 52.0 Å². The fourth-order valence-corrected chi connectivity index (χ4v) is 2.95. The van der Waals surface area contributed by atoms with Crippen LogP contribution < -0.4 is 26.8 Å². The van der Waals surface area contributed by atoms with Crippen LogP contribution in [0.4, 0.5) is 0 Å². The Morgan fingerprint density at radius 1 is 1.06 bits per heavy atom. The molecule has 0 fully saturated rings. The number of nitrogens with zero attached hydrogens (tertiary/aromatic N) is 3. The molecule has 1 aliphatic rings. The first-order valence-corrected chi connectivity index (χ1v) is 11.2. The van der Waals surface area contributed by atoms with Gasteiger partial charge in [-0.3, -0.25) is 15.6 Å². The van der Waals surface area contributed by atoms with E-state index in [1.54, 1.807) is 14.1 Å². The van der Waals surface area contributed by atoms with E-state index < -0.39 is 0 Å². The molecule has 176 valence electrons.